The SMILES string of the molecule is [2H]C([2H])([2H])O[C@@H]1CCN(c2cc3c(c(OC)n2)c(=O)n(-c2cncc(Cl)c2C)c(=O)n3-c2ccc(F)c(Cl)c2)C1. The van der Waals surface area contributed by atoms with Crippen molar-refractivity contribution >= 4 is 39.9 Å². The van der Waals surface area contributed by atoms with Crippen molar-refractivity contribution in [2.75, 3.05) is 32.1 Å². The Morgan fingerprint density at radius 1 is 1.16 bits per heavy atom. The van der Waals surface area contributed by atoms with Gasteiger partial charge in [0.05, 0.1) is 50.5 Å². The van der Waals surface area contributed by atoms with E-state index in [9.17, 15) is 14.0 Å². The number of fused-ring (bicyclic) bond motifs is 1. The van der Waals surface area contributed by atoms with Crippen molar-refractivity contribution in [3.05, 3.63) is 78.9 Å². The van der Waals surface area contributed by atoms with Gasteiger partial charge in [-0.1, -0.05) is 23.2 Å². The highest BCUT2D eigenvalue weighted by molar-refractivity contribution is 6.31. The highest BCUT2D eigenvalue weighted by Gasteiger charge is 2.27. The van der Waals surface area contributed by atoms with Crippen LogP contribution in [0.3, 0.4) is 0 Å². The van der Waals surface area contributed by atoms with Gasteiger partial charge in [-0.2, -0.15) is 4.98 Å². The zero-order valence-corrected chi connectivity index (χ0v) is 21.2. The van der Waals surface area contributed by atoms with Gasteiger partial charge in [0.2, 0.25) is 5.88 Å². The molecule has 1 aliphatic rings. The van der Waals surface area contributed by atoms with Gasteiger partial charge in [-0.15, -0.1) is 0 Å². The summed E-state index contributed by atoms with van der Waals surface area (Å²) in [4.78, 5) is 38.3. The molecule has 1 saturated heterocycles. The second kappa shape index (κ2) is 9.77. The zero-order chi connectivity index (χ0) is 28.9. The molecule has 5 rings (SSSR count). The van der Waals surface area contributed by atoms with E-state index in [4.69, 9.17) is 36.8 Å². The van der Waals surface area contributed by atoms with Crippen molar-refractivity contribution in [2.24, 2.45) is 0 Å². The Labute approximate surface area is 224 Å². The number of methoxy groups -OCH3 is 2. The molecule has 0 amide bonds. The second-order valence-electron chi connectivity index (χ2n) is 8.48. The fraction of sp³-hybridized carbons (Fsp3) is 0.280. The third-order valence-corrected chi connectivity index (χ3v) is 7.02. The van der Waals surface area contributed by atoms with E-state index in [0.29, 0.717) is 24.3 Å². The predicted molar refractivity (Wildman–Crippen MR) is 140 cm³/mol. The Kier molecular flexibility index (Phi) is 5.70. The largest absolute Gasteiger partial charge is 0.480 e. The van der Waals surface area contributed by atoms with E-state index in [1.807, 2.05) is 0 Å². The van der Waals surface area contributed by atoms with Gasteiger partial charge in [0, 0.05) is 32.4 Å². The molecule has 0 radical (unpaired) electrons. The standard InChI is InChI=1S/C25H22Cl2FN5O4/c1-13-17(27)10-29-11-20(13)33-24(34)22-19(32(25(33)35)14-4-5-18(28)16(26)8-14)9-21(30-23(22)37-3)31-7-6-15(12-31)36-2/h4-5,8-11,15H,6-7,12H2,1-3H3/t15-/m1/s1/i2D3. The number of hydrogen-bond acceptors (Lipinski definition) is 7. The Balaban J connectivity index is 1.81. The van der Waals surface area contributed by atoms with Gasteiger partial charge in [0.1, 0.15) is 17.0 Å². The normalized spacial score (nSPS) is 17.1. The summed E-state index contributed by atoms with van der Waals surface area (Å²) in [5.74, 6) is -0.454. The fourth-order valence-corrected chi connectivity index (χ4v) is 4.75. The van der Waals surface area contributed by atoms with Gasteiger partial charge in [-0.05, 0) is 37.1 Å². The van der Waals surface area contributed by atoms with Crippen molar-refractivity contribution in [1.82, 2.24) is 19.1 Å². The Hall–Kier alpha value is -3.47. The molecule has 37 heavy (non-hydrogen) atoms. The first-order valence-corrected chi connectivity index (χ1v) is 11.9. The number of ether oxygens (including phenoxy) is 2. The number of benzene rings is 1. The van der Waals surface area contributed by atoms with Crippen molar-refractivity contribution in [2.45, 2.75) is 19.4 Å². The molecule has 0 bridgehead atoms. The number of rotatable bonds is 5. The monoisotopic (exact) mass is 548 g/mol. The van der Waals surface area contributed by atoms with Crippen LogP contribution in [0.5, 0.6) is 5.88 Å². The minimum Gasteiger partial charge on any atom is -0.480 e. The molecule has 192 valence electrons. The quantitative estimate of drug-likeness (QED) is 0.373. The topological polar surface area (TPSA) is 91.5 Å². The maximum Gasteiger partial charge on any atom is 0.340 e. The summed E-state index contributed by atoms with van der Waals surface area (Å²) >= 11 is 12.3. The second-order valence-corrected chi connectivity index (χ2v) is 9.30. The van der Waals surface area contributed by atoms with Gasteiger partial charge in [0.25, 0.3) is 5.56 Å². The van der Waals surface area contributed by atoms with Crippen LogP contribution < -0.4 is 20.9 Å². The van der Waals surface area contributed by atoms with Crippen molar-refractivity contribution in [1.29, 1.82) is 0 Å². The molecule has 1 aliphatic heterocycles. The molecule has 1 atom stereocenters. The summed E-state index contributed by atoms with van der Waals surface area (Å²) < 4.78 is 49.0. The molecule has 1 fully saturated rings. The highest BCUT2D eigenvalue weighted by Crippen LogP contribution is 2.30. The van der Waals surface area contributed by atoms with Crippen molar-refractivity contribution in [3.63, 3.8) is 0 Å². The first kappa shape index (κ1) is 21.6. The predicted octanol–water partition coefficient (Wildman–Crippen LogP) is 3.92. The molecule has 0 aliphatic carbocycles. The van der Waals surface area contributed by atoms with Crippen LogP contribution in [0.4, 0.5) is 10.2 Å². The average molecular weight is 549 g/mol. The Bertz CT molecular complexity index is 1760. The van der Waals surface area contributed by atoms with Gasteiger partial charge >= 0.3 is 5.69 Å². The Morgan fingerprint density at radius 2 is 1.97 bits per heavy atom. The van der Waals surface area contributed by atoms with E-state index in [0.717, 1.165) is 10.6 Å². The van der Waals surface area contributed by atoms with Crippen LogP contribution >= 0.6 is 23.2 Å². The number of aromatic nitrogens is 4. The van der Waals surface area contributed by atoms with Crippen LogP contribution in [0.15, 0.2) is 46.2 Å². The molecule has 9 nitrogen and oxygen atoms in total. The van der Waals surface area contributed by atoms with Crippen LogP contribution in [0, 0.1) is 12.7 Å². The lowest BCUT2D eigenvalue weighted by molar-refractivity contribution is 0.121. The molecule has 0 saturated carbocycles. The van der Waals surface area contributed by atoms with E-state index in [1.165, 1.54) is 42.3 Å². The summed E-state index contributed by atoms with van der Waals surface area (Å²) in [7, 11) is -1.23. The maximum atomic E-state index is 14.1. The van der Waals surface area contributed by atoms with E-state index >= 15 is 0 Å². The molecule has 3 aromatic heterocycles. The average Bonchev–Trinajstić information content (AvgIpc) is 3.34. The molecule has 12 heteroatoms. The van der Waals surface area contributed by atoms with Crippen LogP contribution in [0.2, 0.25) is 10.0 Å². The number of halogens is 3. The summed E-state index contributed by atoms with van der Waals surface area (Å²) in [5.41, 5.74) is -0.675. The van der Waals surface area contributed by atoms with E-state index < -0.39 is 30.2 Å². The third-order valence-electron chi connectivity index (χ3n) is 6.35. The van der Waals surface area contributed by atoms with Gasteiger partial charge in [-0.25, -0.2) is 13.8 Å². The molecular formula is C25H22Cl2FN5O4. The number of nitrogens with zero attached hydrogens (tertiary/aromatic N) is 5. The van der Waals surface area contributed by atoms with Crippen molar-refractivity contribution in [3.8, 4) is 17.3 Å². The lowest BCUT2D eigenvalue weighted by atomic mass is 10.2. The Morgan fingerprint density at radius 3 is 2.70 bits per heavy atom. The number of pyridine rings is 2. The van der Waals surface area contributed by atoms with Gasteiger partial charge in [-0.3, -0.25) is 14.3 Å². The van der Waals surface area contributed by atoms with Gasteiger partial charge < -0.3 is 14.4 Å². The first-order valence-electron chi connectivity index (χ1n) is 12.6. The molecule has 4 heterocycles. The van der Waals surface area contributed by atoms with Crippen molar-refractivity contribution < 1.29 is 18.0 Å². The number of hydrogen-bond donors (Lipinski definition) is 0. The summed E-state index contributed by atoms with van der Waals surface area (Å²) in [6.07, 6.45) is 2.56. The van der Waals surface area contributed by atoms with Gasteiger partial charge in [0.15, 0.2) is 0 Å². The summed E-state index contributed by atoms with van der Waals surface area (Å²) in [6.45, 7) is 2.24. The third kappa shape index (κ3) is 4.24. The summed E-state index contributed by atoms with van der Waals surface area (Å²) in [5, 5.41) is -0.0370. The van der Waals surface area contributed by atoms with Crippen LogP contribution in [-0.2, 0) is 4.74 Å². The van der Waals surface area contributed by atoms with Crippen LogP contribution in [0.25, 0.3) is 22.3 Å². The number of anilines is 1. The van der Waals surface area contributed by atoms with Crippen LogP contribution in [0.1, 0.15) is 16.1 Å². The molecule has 0 unspecified atom stereocenters. The zero-order valence-electron chi connectivity index (χ0n) is 22.7. The van der Waals surface area contributed by atoms with E-state index in [2.05, 4.69) is 9.97 Å². The van der Waals surface area contributed by atoms with Crippen LogP contribution in [-0.4, -0.2) is 52.4 Å². The fourth-order valence-electron chi connectivity index (χ4n) is 4.42. The minimum atomic E-state index is -2.56. The lowest BCUT2D eigenvalue weighted by Crippen LogP contribution is -2.39. The molecule has 4 aromatic rings. The first-order chi connectivity index (χ1) is 18.9. The lowest BCUT2D eigenvalue weighted by Gasteiger charge is -2.21. The molecular weight excluding hydrogens is 524 g/mol. The molecule has 0 spiro atoms. The van der Waals surface area contributed by atoms with E-state index in [1.54, 1.807) is 11.8 Å². The van der Waals surface area contributed by atoms with E-state index in [-0.39, 0.29) is 44.7 Å². The summed E-state index contributed by atoms with van der Waals surface area (Å²) in [6, 6.07) is 5.23. The smallest absolute Gasteiger partial charge is 0.340 e. The molecule has 0 N–H and O–H groups in total. The highest BCUT2D eigenvalue weighted by atomic mass is 35.5. The maximum absolute atomic E-state index is 14.1. The minimum absolute atomic E-state index is 0.0415. The molecule has 1 aromatic carbocycles.